The molecule has 0 saturated carbocycles. The average molecular weight is 417 g/mol. The molecule has 2 aromatic carbocycles. The van der Waals surface area contributed by atoms with E-state index in [1.165, 1.54) is 29.5 Å². The van der Waals surface area contributed by atoms with Crippen molar-refractivity contribution in [3.8, 4) is 0 Å². The Hall–Kier alpha value is -1.50. The number of halogens is 5. The van der Waals surface area contributed by atoms with E-state index in [0.29, 0.717) is 5.13 Å². The lowest BCUT2D eigenvalue weighted by Crippen LogP contribution is -2.44. The van der Waals surface area contributed by atoms with Gasteiger partial charge < -0.3 is 4.90 Å². The van der Waals surface area contributed by atoms with E-state index in [1.807, 2.05) is 24.3 Å². The van der Waals surface area contributed by atoms with Crippen LogP contribution >= 0.6 is 34.5 Å². The molecule has 0 bridgehead atoms. The van der Waals surface area contributed by atoms with Gasteiger partial charge in [0.15, 0.2) is 5.13 Å². The molecule has 0 radical (unpaired) electrons. The average Bonchev–Trinajstić information content (AvgIpc) is 3.18. The lowest BCUT2D eigenvalue weighted by molar-refractivity contribution is -0.184. The fraction of sp³-hybridized carbons (Fsp3) is 0.278. The number of aromatic nitrogens is 1. The van der Waals surface area contributed by atoms with E-state index in [1.54, 1.807) is 4.90 Å². The summed E-state index contributed by atoms with van der Waals surface area (Å²) in [7, 11) is 0. The van der Waals surface area contributed by atoms with Crippen LogP contribution in [0.5, 0.6) is 0 Å². The molecule has 2 heterocycles. The molecule has 1 aromatic heterocycles. The molecule has 26 heavy (non-hydrogen) atoms. The SMILES string of the molecule is FC(F)(F)C1(c2cc(Cl)cc(Cl)c2)CCN(c2nc3ccccc3s2)C1. The Bertz CT molecular complexity index is 919. The molecular weight excluding hydrogens is 404 g/mol. The van der Waals surface area contributed by atoms with Crippen LogP contribution in [0.15, 0.2) is 42.5 Å². The predicted octanol–water partition coefficient (Wildman–Crippen LogP) is 6.31. The molecule has 0 aliphatic carbocycles. The number of alkyl halides is 3. The Morgan fingerprint density at radius 1 is 1.08 bits per heavy atom. The Morgan fingerprint density at radius 2 is 1.77 bits per heavy atom. The first-order valence-electron chi connectivity index (χ1n) is 7.92. The van der Waals surface area contributed by atoms with Crippen molar-refractivity contribution in [1.29, 1.82) is 0 Å². The molecule has 1 aliphatic heterocycles. The lowest BCUT2D eigenvalue weighted by atomic mass is 9.79. The monoisotopic (exact) mass is 416 g/mol. The number of fused-ring (bicyclic) bond motifs is 1. The highest BCUT2D eigenvalue weighted by Gasteiger charge is 2.59. The Morgan fingerprint density at radius 3 is 2.42 bits per heavy atom. The highest BCUT2D eigenvalue weighted by molar-refractivity contribution is 7.22. The van der Waals surface area contributed by atoms with Crippen molar-refractivity contribution in [2.24, 2.45) is 0 Å². The lowest BCUT2D eigenvalue weighted by Gasteiger charge is -2.32. The first kappa shape index (κ1) is 17.9. The summed E-state index contributed by atoms with van der Waals surface area (Å²) in [4.78, 5) is 6.20. The molecule has 3 aromatic rings. The van der Waals surface area contributed by atoms with E-state index >= 15 is 0 Å². The van der Waals surface area contributed by atoms with Gasteiger partial charge in [-0.3, -0.25) is 0 Å². The van der Waals surface area contributed by atoms with Crippen LogP contribution in [0.2, 0.25) is 10.0 Å². The first-order chi connectivity index (χ1) is 12.3. The summed E-state index contributed by atoms with van der Waals surface area (Å²) < 4.78 is 43.3. The number of benzene rings is 2. The largest absolute Gasteiger partial charge is 0.400 e. The van der Waals surface area contributed by atoms with Crippen molar-refractivity contribution in [2.45, 2.75) is 18.0 Å². The van der Waals surface area contributed by atoms with Crippen molar-refractivity contribution >= 4 is 49.9 Å². The number of thiazole rings is 1. The normalized spacial score (nSPS) is 20.9. The smallest absolute Gasteiger partial charge is 0.347 e. The van der Waals surface area contributed by atoms with Gasteiger partial charge in [-0.2, -0.15) is 13.2 Å². The molecule has 2 nitrogen and oxygen atoms in total. The number of anilines is 1. The maximum atomic E-state index is 14.1. The van der Waals surface area contributed by atoms with E-state index in [9.17, 15) is 13.2 Å². The minimum atomic E-state index is -4.42. The molecule has 1 aliphatic rings. The molecule has 0 spiro atoms. The van der Waals surface area contributed by atoms with Crippen LogP contribution in [0.1, 0.15) is 12.0 Å². The molecule has 0 amide bonds. The molecular formula is C18H13Cl2F3N2S. The van der Waals surface area contributed by atoms with Gasteiger partial charge in [-0.25, -0.2) is 4.98 Å². The van der Waals surface area contributed by atoms with Crippen molar-refractivity contribution in [3.63, 3.8) is 0 Å². The van der Waals surface area contributed by atoms with Crippen LogP contribution < -0.4 is 4.90 Å². The molecule has 1 unspecified atom stereocenters. The van der Waals surface area contributed by atoms with Crippen molar-refractivity contribution < 1.29 is 13.2 Å². The first-order valence-corrected chi connectivity index (χ1v) is 9.50. The van der Waals surface area contributed by atoms with E-state index in [-0.39, 0.29) is 35.1 Å². The second-order valence-corrected chi connectivity index (χ2v) is 8.26. The molecule has 4 rings (SSSR count). The van der Waals surface area contributed by atoms with E-state index in [0.717, 1.165) is 10.2 Å². The van der Waals surface area contributed by atoms with E-state index < -0.39 is 11.6 Å². The molecule has 1 fully saturated rings. The Kier molecular flexibility index (Phi) is 4.33. The van der Waals surface area contributed by atoms with E-state index in [4.69, 9.17) is 23.2 Å². The van der Waals surface area contributed by atoms with Crippen LogP contribution in [0.4, 0.5) is 18.3 Å². The number of rotatable bonds is 2. The summed E-state index contributed by atoms with van der Waals surface area (Å²) in [6.45, 7) is 0.0659. The highest BCUT2D eigenvalue weighted by atomic mass is 35.5. The molecule has 8 heteroatoms. The van der Waals surface area contributed by atoms with Gasteiger partial charge in [0.2, 0.25) is 0 Å². The third-order valence-electron chi connectivity index (χ3n) is 4.78. The van der Waals surface area contributed by atoms with Crippen molar-refractivity contribution in [2.75, 3.05) is 18.0 Å². The third kappa shape index (κ3) is 2.94. The van der Waals surface area contributed by atoms with Crippen LogP contribution in [-0.4, -0.2) is 24.2 Å². The number of para-hydroxylation sites is 1. The highest BCUT2D eigenvalue weighted by Crippen LogP contribution is 2.50. The predicted molar refractivity (Wildman–Crippen MR) is 101 cm³/mol. The molecule has 1 saturated heterocycles. The molecule has 0 N–H and O–H groups in total. The van der Waals surface area contributed by atoms with Gasteiger partial charge in [-0.15, -0.1) is 0 Å². The van der Waals surface area contributed by atoms with Gasteiger partial charge in [0.25, 0.3) is 0 Å². The molecule has 1 atom stereocenters. The van der Waals surface area contributed by atoms with Gasteiger partial charge in [0.1, 0.15) is 5.41 Å². The van der Waals surface area contributed by atoms with Crippen LogP contribution in [0.25, 0.3) is 10.2 Å². The Labute approximate surface area is 162 Å². The summed E-state index contributed by atoms with van der Waals surface area (Å²) in [5, 5.41) is 1.01. The number of nitrogens with zero attached hydrogens (tertiary/aromatic N) is 2. The van der Waals surface area contributed by atoms with Crippen LogP contribution in [0, 0.1) is 0 Å². The maximum absolute atomic E-state index is 14.1. The summed E-state index contributed by atoms with van der Waals surface area (Å²) in [6, 6.07) is 11.7. The fourth-order valence-electron chi connectivity index (χ4n) is 3.43. The minimum absolute atomic E-state index is 0.0664. The number of hydrogen-bond acceptors (Lipinski definition) is 3. The quantitative estimate of drug-likeness (QED) is 0.486. The van der Waals surface area contributed by atoms with Gasteiger partial charge in [-0.1, -0.05) is 46.7 Å². The maximum Gasteiger partial charge on any atom is 0.400 e. The topological polar surface area (TPSA) is 16.1 Å². The van der Waals surface area contributed by atoms with Crippen molar-refractivity contribution in [1.82, 2.24) is 4.98 Å². The number of hydrogen-bond donors (Lipinski definition) is 0. The van der Waals surface area contributed by atoms with Gasteiger partial charge >= 0.3 is 6.18 Å². The Balaban J connectivity index is 1.75. The van der Waals surface area contributed by atoms with Gasteiger partial charge in [-0.05, 0) is 42.3 Å². The van der Waals surface area contributed by atoms with Crippen molar-refractivity contribution in [3.05, 3.63) is 58.1 Å². The summed E-state index contributed by atoms with van der Waals surface area (Å²) in [6.07, 6.45) is -4.49. The zero-order valence-corrected chi connectivity index (χ0v) is 15.7. The summed E-state index contributed by atoms with van der Waals surface area (Å²) in [5.74, 6) is 0. The second kappa shape index (κ2) is 6.29. The second-order valence-electron chi connectivity index (χ2n) is 6.37. The third-order valence-corrected chi connectivity index (χ3v) is 6.31. The van der Waals surface area contributed by atoms with Crippen LogP contribution in [0.3, 0.4) is 0 Å². The zero-order chi connectivity index (χ0) is 18.5. The van der Waals surface area contributed by atoms with E-state index in [2.05, 4.69) is 4.98 Å². The summed E-state index contributed by atoms with van der Waals surface area (Å²) in [5.41, 5.74) is -1.12. The summed E-state index contributed by atoms with van der Waals surface area (Å²) >= 11 is 13.3. The zero-order valence-electron chi connectivity index (χ0n) is 13.4. The fourth-order valence-corrected chi connectivity index (χ4v) is 4.95. The minimum Gasteiger partial charge on any atom is -0.347 e. The molecule has 136 valence electrons. The van der Waals surface area contributed by atoms with Crippen LogP contribution in [-0.2, 0) is 5.41 Å². The van der Waals surface area contributed by atoms with Gasteiger partial charge in [0.05, 0.1) is 10.2 Å². The standard InChI is InChI=1S/C18H13Cl2F3N2S/c19-12-7-11(8-13(20)9-12)17(18(21,22)23)5-6-25(10-17)16-24-14-3-1-2-4-15(14)26-16/h1-4,7-9H,5-6,10H2. The van der Waals surface area contributed by atoms with Gasteiger partial charge in [0, 0.05) is 23.1 Å².